The lowest BCUT2D eigenvalue weighted by Gasteiger charge is -2.25. The molecule has 4 N–H and O–H groups in total. The molecule has 0 amide bonds. The van der Waals surface area contributed by atoms with Gasteiger partial charge in [-0.1, -0.05) is 29.7 Å². The van der Waals surface area contributed by atoms with E-state index in [1.807, 2.05) is 30.3 Å². The van der Waals surface area contributed by atoms with Crippen molar-refractivity contribution in [3.63, 3.8) is 0 Å². The Balaban J connectivity index is 1.54. The van der Waals surface area contributed by atoms with Gasteiger partial charge in [0.2, 0.25) is 0 Å². The van der Waals surface area contributed by atoms with E-state index in [9.17, 15) is 5.11 Å². The second-order valence-corrected chi connectivity index (χ2v) is 7.00. The molecule has 0 spiro atoms. The first-order valence-corrected chi connectivity index (χ1v) is 9.30. The molecule has 0 saturated heterocycles. The summed E-state index contributed by atoms with van der Waals surface area (Å²) in [5.41, 5.74) is 5.59. The molecule has 2 heterocycles. The Kier molecular flexibility index (Phi) is 5.21. The van der Waals surface area contributed by atoms with Crippen molar-refractivity contribution < 1.29 is 14.9 Å². The molecule has 2 radical (unpaired) electrons. The Morgan fingerprint density at radius 2 is 2.00 bits per heavy atom. The van der Waals surface area contributed by atoms with Gasteiger partial charge in [-0.15, -0.1) is 0 Å². The van der Waals surface area contributed by atoms with Crippen molar-refractivity contribution in [1.82, 2.24) is 10.3 Å². The monoisotopic (exact) mass is 362 g/mol. The van der Waals surface area contributed by atoms with Gasteiger partial charge < -0.3 is 25.3 Å². The summed E-state index contributed by atoms with van der Waals surface area (Å²) in [5, 5.41) is 23.0. The Labute approximate surface area is 159 Å². The van der Waals surface area contributed by atoms with Gasteiger partial charge in [0.05, 0.1) is 25.4 Å². The second kappa shape index (κ2) is 7.76. The minimum Gasteiger partial charge on any atom is -0.493 e. The molecule has 5 nitrogen and oxygen atoms in total. The number of aliphatic hydroxyl groups excluding tert-OH is 2. The van der Waals surface area contributed by atoms with Crippen molar-refractivity contribution in [2.24, 2.45) is 0 Å². The number of rotatable bonds is 6. The molecule has 1 aliphatic heterocycles. The zero-order chi connectivity index (χ0) is 18.8. The van der Waals surface area contributed by atoms with Crippen LogP contribution in [0.4, 0.5) is 0 Å². The highest BCUT2D eigenvalue weighted by Gasteiger charge is 2.25. The molecule has 0 fully saturated rings. The number of aliphatic hydroxyl groups is 2. The van der Waals surface area contributed by atoms with E-state index < -0.39 is 6.10 Å². The number of nitrogens with one attached hydrogen (secondary N) is 2. The maximum Gasteiger partial charge on any atom is 0.119 e. The van der Waals surface area contributed by atoms with Crippen LogP contribution in [0.2, 0.25) is 0 Å². The molecule has 3 aromatic rings. The van der Waals surface area contributed by atoms with Crippen LogP contribution in [0.25, 0.3) is 10.9 Å². The first-order valence-electron chi connectivity index (χ1n) is 9.30. The number of ether oxygens (including phenoxy) is 1. The van der Waals surface area contributed by atoms with Gasteiger partial charge in [-0.05, 0) is 35.7 Å². The predicted octanol–water partition coefficient (Wildman–Crippen LogP) is 1.32. The number of fused-ring (bicyclic) bond motifs is 3. The van der Waals surface area contributed by atoms with Crippen molar-refractivity contribution in [2.45, 2.75) is 25.0 Å². The Hall–Kier alpha value is -2.28. The summed E-state index contributed by atoms with van der Waals surface area (Å²) in [6.45, 7) is 1.04. The fourth-order valence-corrected chi connectivity index (χ4v) is 3.69. The van der Waals surface area contributed by atoms with Crippen LogP contribution in [0.3, 0.4) is 0 Å². The average Bonchev–Trinajstić information content (AvgIpc) is 3.06. The summed E-state index contributed by atoms with van der Waals surface area (Å²) in [7, 11) is 5.97. The molecule has 2 aromatic carbocycles. The van der Waals surface area contributed by atoms with Crippen molar-refractivity contribution in [3.8, 4) is 5.75 Å². The number of hydrogen-bond acceptors (Lipinski definition) is 4. The number of aromatic nitrogens is 1. The molecule has 0 saturated carbocycles. The van der Waals surface area contributed by atoms with Gasteiger partial charge in [0.25, 0.3) is 0 Å². The maximum atomic E-state index is 9.37. The maximum absolute atomic E-state index is 9.37. The molecule has 2 atom stereocenters. The van der Waals surface area contributed by atoms with Crippen LogP contribution in [0, 0.1) is 0 Å². The highest BCUT2D eigenvalue weighted by atomic mass is 16.5. The summed E-state index contributed by atoms with van der Waals surface area (Å²) in [5.74, 6) is 0.754. The summed E-state index contributed by atoms with van der Waals surface area (Å²) in [6, 6.07) is 14.1. The van der Waals surface area contributed by atoms with Gasteiger partial charge in [-0.25, -0.2) is 0 Å². The van der Waals surface area contributed by atoms with Gasteiger partial charge in [-0.3, -0.25) is 0 Å². The lowest BCUT2D eigenvalue weighted by molar-refractivity contribution is 0.0754. The van der Waals surface area contributed by atoms with Crippen LogP contribution < -0.4 is 15.5 Å². The standard InChI is InChI=1S/C21H23BN2O3/c22-14-3-6-19-18(11-14)17-7-9-23-20(21(17)24-19)13-1-4-16(5-2-13)27-10-8-15(26)12-25/h1-6,11,15,20,23-26H,7-10,12H2/t15-,20?/m0/s1. The van der Waals surface area contributed by atoms with Crippen molar-refractivity contribution >= 4 is 24.2 Å². The third-order valence-electron chi connectivity index (χ3n) is 5.12. The minimum atomic E-state index is -0.731. The summed E-state index contributed by atoms with van der Waals surface area (Å²) < 4.78 is 5.64. The smallest absolute Gasteiger partial charge is 0.119 e. The molecule has 0 aliphatic carbocycles. The summed E-state index contributed by atoms with van der Waals surface area (Å²) in [6.07, 6.45) is 0.651. The van der Waals surface area contributed by atoms with Crippen LogP contribution in [0.1, 0.15) is 29.3 Å². The van der Waals surface area contributed by atoms with Gasteiger partial charge in [0, 0.05) is 29.6 Å². The van der Waals surface area contributed by atoms with Crippen LogP contribution in [-0.2, 0) is 6.42 Å². The molecule has 138 valence electrons. The minimum absolute atomic E-state index is 0.104. The van der Waals surface area contributed by atoms with E-state index in [-0.39, 0.29) is 12.6 Å². The van der Waals surface area contributed by atoms with Gasteiger partial charge in [0.1, 0.15) is 13.6 Å². The zero-order valence-corrected chi connectivity index (χ0v) is 15.1. The topological polar surface area (TPSA) is 77.5 Å². The van der Waals surface area contributed by atoms with Crippen LogP contribution in [-0.4, -0.2) is 48.9 Å². The number of H-pyrrole nitrogens is 1. The lowest BCUT2D eigenvalue weighted by atomic mass is 9.91. The van der Waals surface area contributed by atoms with Crippen LogP contribution >= 0.6 is 0 Å². The van der Waals surface area contributed by atoms with Gasteiger partial charge >= 0.3 is 0 Å². The molecule has 1 aromatic heterocycles. The van der Waals surface area contributed by atoms with E-state index in [0.29, 0.717) is 13.0 Å². The predicted molar refractivity (Wildman–Crippen MR) is 107 cm³/mol. The molecule has 27 heavy (non-hydrogen) atoms. The lowest BCUT2D eigenvalue weighted by Crippen LogP contribution is -2.30. The highest BCUT2D eigenvalue weighted by Crippen LogP contribution is 2.33. The average molecular weight is 362 g/mol. The molecule has 0 bridgehead atoms. The van der Waals surface area contributed by atoms with E-state index in [0.717, 1.165) is 29.7 Å². The van der Waals surface area contributed by atoms with Crippen LogP contribution in [0.5, 0.6) is 5.75 Å². The molecule has 1 unspecified atom stereocenters. The van der Waals surface area contributed by atoms with Crippen LogP contribution in [0.15, 0.2) is 42.5 Å². The van der Waals surface area contributed by atoms with E-state index in [1.165, 1.54) is 22.2 Å². The molecular weight excluding hydrogens is 339 g/mol. The van der Waals surface area contributed by atoms with E-state index >= 15 is 0 Å². The fraction of sp³-hybridized carbons (Fsp3) is 0.333. The normalized spacial score (nSPS) is 17.6. The fourth-order valence-electron chi connectivity index (χ4n) is 3.69. The summed E-state index contributed by atoms with van der Waals surface area (Å²) >= 11 is 0. The van der Waals surface area contributed by atoms with E-state index in [2.05, 4.69) is 22.4 Å². The third-order valence-corrected chi connectivity index (χ3v) is 5.12. The number of benzene rings is 2. The second-order valence-electron chi connectivity index (χ2n) is 7.00. The van der Waals surface area contributed by atoms with Crippen molar-refractivity contribution in [2.75, 3.05) is 19.8 Å². The first-order chi connectivity index (χ1) is 13.2. The SMILES string of the molecule is [B]c1ccc2[nH]c3c(c2c1)CCNC3c1ccc(OCC[C@H](O)CO)cc1. The number of aromatic amines is 1. The molecule has 4 rings (SSSR count). The Morgan fingerprint density at radius 3 is 2.78 bits per heavy atom. The largest absolute Gasteiger partial charge is 0.493 e. The van der Waals surface area contributed by atoms with Gasteiger partial charge in [0.15, 0.2) is 0 Å². The van der Waals surface area contributed by atoms with E-state index in [4.69, 9.17) is 17.7 Å². The molecule has 1 aliphatic rings. The first kappa shape index (κ1) is 18.1. The Bertz CT molecular complexity index is 923. The van der Waals surface area contributed by atoms with Gasteiger partial charge in [-0.2, -0.15) is 0 Å². The van der Waals surface area contributed by atoms with Crippen molar-refractivity contribution in [1.29, 1.82) is 0 Å². The molecular formula is C21H23BN2O3. The quantitative estimate of drug-likeness (QED) is 0.499. The Morgan fingerprint density at radius 1 is 1.19 bits per heavy atom. The van der Waals surface area contributed by atoms with E-state index in [1.54, 1.807) is 0 Å². The van der Waals surface area contributed by atoms with Crippen molar-refractivity contribution in [3.05, 3.63) is 59.3 Å². The highest BCUT2D eigenvalue weighted by molar-refractivity contribution is 6.33. The number of hydrogen-bond donors (Lipinski definition) is 4. The third kappa shape index (κ3) is 3.74. The molecule has 6 heteroatoms. The zero-order valence-electron chi connectivity index (χ0n) is 15.1. The summed E-state index contributed by atoms with van der Waals surface area (Å²) in [4.78, 5) is 3.56.